The second kappa shape index (κ2) is 4.37. The molecule has 2 saturated heterocycles. The van der Waals surface area contributed by atoms with E-state index in [0.29, 0.717) is 30.4 Å². The standard InChI is InChI=1S/C12H17N3O3/c13-8-5-9-1-2-10(6-8)14(9)7-11-3-4-12(18-11)15(16)17/h3-4,8-10H,1-2,5-7,13H2. The van der Waals surface area contributed by atoms with Gasteiger partial charge in [0, 0.05) is 18.1 Å². The van der Waals surface area contributed by atoms with Crippen LogP contribution in [0.4, 0.5) is 5.88 Å². The monoisotopic (exact) mass is 251 g/mol. The van der Waals surface area contributed by atoms with Gasteiger partial charge in [-0.15, -0.1) is 0 Å². The highest BCUT2D eigenvalue weighted by atomic mass is 16.6. The van der Waals surface area contributed by atoms with E-state index in [1.165, 1.54) is 18.9 Å². The average molecular weight is 251 g/mol. The third-order valence-electron chi connectivity index (χ3n) is 4.09. The van der Waals surface area contributed by atoms with Crippen molar-refractivity contribution >= 4 is 5.88 Å². The van der Waals surface area contributed by atoms with E-state index in [1.54, 1.807) is 6.07 Å². The lowest BCUT2D eigenvalue weighted by Crippen LogP contribution is -2.46. The Morgan fingerprint density at radius 1 is 1.39 bits per heavy atom. The number of fused-ring (bicyclic) bond motifs is 2. The molecule has 2 aliphatic heterocycles. The van der Waals surface area contributed by atoms with Crippen LogP contribution in [0.25, 0.3) is 0 Å². The summed E-state index contributed by atoms with van der Waals surface area (Å²) < 4.78 is 5.23. The van der Waals surface area contributed by atoms with Gasteiger partial charge in [-0.05, 0) is 31.7 Å². The smallest absolute Gasteiger partial charge is 0.404 e. The molecule has 2 unspecified atom stereocenters. The van der Waals surface area contributed by atoms with Gasteiger partial charge >= 0.3 is 5.88 Å². The van der Waals surface area contributed by atoms with Crippen molar-refractivity contribution in [2.24, 2.45) is 5.73 Å². The second-order valence-electron chi connectivity index (χ2n) is 5.29. The topological polar surface area (TPSA) is 85.5 Å². The summed E-state index contributed by atoms with van der Waals surface area (Å²) in [5.74, 6) is 0.500. The van der Waals surface area contributed by atoms with Crippen molar-refractivity contribution in [1.82, 2.24) is 4.90 Å². The molecule has 2 N–H and O–H groups in total. The maximum Gasteiger partial charge on any atom is 0.433 e. The molecule has 0 aliphatic carbocycles. The highest BCUT2D eigenvalue weighted by Crippen LogP contribution is 2.36. The van der Waals surface area contributed by atoms with Crippen LogP contribution in [0, 0.1) is 10.1 Å². The number of rotatable bonds is 3. The summed E-state index contributed by atoms with van der Waals surface area (Å²) in [7, 11) is 0. The van der Waals surface area contributed by atoms with Crippen LogP contribution in [0.5, 0.6) is 0 Å². The van der Waals surface area contributed by atoms with Gasteiger partial charge in [0.05, 0.1) is 12.6 Å². The minimum atomic E-state index is -0.496. The van der Waals surface area contributed by atoms with E-state index in [1.807, 2.05) is 0 Å². The molecule has 0 radical (unpaired) electrons. The number of nitrogens with zero attached hydrogens (tertiary/aromatic N) is 2. The molecule has 2 atom stereocenters. The van der Waals surface area contributed by atoms with Crippen LogP contribution in [0.2, 0.25) is 0 Å². The van der Waals surface area contributed by atoms with E-state index in [2.05, 4.69) is 4.90 Å². The summed E-state index contributed by atoms with van der Waals surface area (Å²) >= 11 is 0. The molecule has 2 aliphatic rings. The summed E-state index contributed by atoms with van der Waals surface area (Å²) in [4.78, 5) is 12.5. The van der Waals surface area contributed by atoms with E-state index in [0.717, 1.165) is 12.8 Å². The van der Waals surface area contributed by atoms with Crippen molar-refractivity contribution < 1.29 is 9.34 Å². The summed E-state index contributed by atoms with van der Waals surface area (Å²) in [6.07, 6.45) is 4.42. The lowest BCUT2D eigenvalue weighted by Gasteiger charge is -2.37. The third-order valence-corrected chi connectivity index (χ3v) is 4.09. The first-order valence-electron chi connectivity index (χ1n) is 6.38. The van der Waals surface area contributed by atoms with Crippen LogP contribution >= 0.6 is 0 Å². The Kier molecular flexibility index (Phi) is 2.83. The Morgan fingerprint density at radius 2 is 2.06 bits per heavy atom. The Balaban J connectivity index is 1.71. The highest BCUT2D eigenvalue weighted by molar-refractivity contribution is 5.18. The fourth-order valence-corrected chi connectivity index (χ4v) is 3.30. The first kappa shape index (κ1) is 11.7. The fraction of sp³-hybridized carbons (Fsp3) is 0.667. The van der Waals surface area contributed by atoms with E-state index in [-0.39, 0.29) is 5.88 Å². The van der Waals surface area contributed by atoms with E-state index >= 15 is 0 Å². The number of nitrogens with two attached hydrogens (primary N) is 1. The number of nitro groups is 1. The van der Waals surface area contributed by atoms with Crippen molar-refractivity contribution in [2.75, 3.05) is 0 Å². The molecule has 2 bridgehead atoms. The molecule has 0 saturated carbocycles. The molecular weight excluding hydrogens is 234 g/mol. The first-order valence-corrected chi connectivity index (χ1v) is 6.38. The van der Waals surface area contributed by atoms with Gasteiger partial charge in [-0.2, -0.15) is 0 Å². The van der Waals surface area contributed by atoms with Crippen LogP contribution in [0.1, 0.15) is 31.4 Å². The van der Waals surface area contributed by atoms with Crippen LogP contribution < -0.4 is 5.73 Å². The van der Waals surface area contributed by atoms with Gasteiger partial charge < -0.3 is 10.2 Å². The average Bonchev–Trinajstić information content (AvgIpc) is 2.85. The summed E-state index contributed by atoms with van der Waals surface area (Å²) in [6.45, 7) is 0.663. The summed E-state index contributed by atoms with van der Waals surface area (Å²) in [5.41, 5.74) is 6.02. The Hall–Kier alpha value is -1.40. The van der Waals surface area contributed by atoms with Crippen molar-refractivity contribution in [1.29, 1.82) is 0 Å². The molecule has 98 valence electrons. The molecule has 6 heteroatoms. The summed E-state index contributed by atoms with van der Waals surface area (Å²) in [6, 6.07) is 4.47. The van der Waals surface area contributed by atoms with Crippen molar-refractivity contribution in [3.63, 3.8) is 0 Å². The van der Waals surface area contributed by atoms with Crippen molar-refractivity contribution in [3.05, 3.63) is 28.0 Å². The third kappa shape index (κ3) is 2.02. The molecule has 18 heavy (non-hydrogen) atoms. The molecule has 3 rings (SSSR count). The largest absolute Gasteiger partial charge is 0.433 e. The predicted molar refractivity (Wildman–Crippen MR) is 64.9 cm³/mol. The van der Waals surface area contributed by atoms with E-state index in [4.69, 9.17) is 10.2 Å². The molecule has 2 fully saturated rings. The minimum absolute atomic E-state index is 0.175. The zero-order chi connectivity index (χ0) is 12.7. The second-order valence-corrected chi connectivity index (χ2v) is 5.29. The highest BCUT2D eigenvalue weighted by Gasteiger charge is 2.39. The molecular formula is C12H17N3O3. The molecule has 0 spiro atoms. The SMILES string of the molecule is NC1CC2CCC(C1)N2Cc1ccc([N+](=O)[O-])o1. The van der Waals surface area contributed by atoms with Gasteiger partial charge in [0.25, 0.3) is 0 Å². The van der Waals surface area contributed by atoms with Gasteiger partial charge in [0.2, 0.25) is 0 Å². The molecule has 6 nitrogen and oxygen atoms in total. The van der Waals surface area contributed by atoms with Gasteiger partial charge in [-0.3, -0.25) is 15.0 Å². The predicted octanol–water partition coefficient (Wildman–Crippen LogP) is 1.64. The lowest BCUT2D eigenvalue weighted by molar-refractivity contribution is -0.402. The Bertz CT molecular complexity index is 445. The molecule has 1 aromatic rings. The molecule has 0 amide bonds. The number of hydrogen-bond acceptors (Lipinski definition) is 5. The van der Waals surface area contributed by atoms with Crippen LogP contribution in [-0.4, -0.2) is 27.9 Å². The van der Waals surface area contributed by atoms with Gasteiger partial charge in [0.1, 0.15) is 10.7 Å². The van der Waals surface area contributed by atoms with Crippen molar-refractivity contribution in [2.45, 2.75) is 50.4 Å². The Morgan fingerprint density at radius 3 is 2.61 bits per heavy atom. The number of hydrogen-bond donors (Lipinski definition) is 1. The van der Waals surface area contributed by atoms with E-state index in [9.17, 15) is 10.1 Å². The van der Waals surface area contributed by atoms with Gasteiger partial charge in [-0.25, -0.2) is 0 Å². The summed E-state index contributed by atoms with van der Waals surface area (Å²) in [5, 5.41) is 10.6. The van der Waals surface area contributed by atoms with Crippen LogP contribution in [-0.2, 0) is 6.54 Å². The minimum Gasteiger partial charge on any atom is -0.404 e. The molecule has 1 aromatic heterocycles. The zero-order valence-corrected chi connectivity index (χ0v) is 10.1. The fourth-order valence-electron chi connectivity index (χ4n) is 3.30. The van der Waals surface area contributed by atoms with Gasteiger partial charge in [0.15, 0.2) is 0 Å². The van der Waals surface area contributed by atoms with Crippen LogP contribution in [0.3, 0.4) is 0 Å². The van der Waals surface area contributed by atoms with Crippen molar-refractivity contribution in [3.8, 4) is 0 Å². The molecule has 3 heterocycles. The number of furan rings is 1. The first-order chi connectivity index (χ1) is 8.63. The maximum absolute atomic E-state index is 10.6. The van der Waals surface area contributed by atoms with Crippen LogP contribution in [0.15, 0.2) is 16.5 Å². The quantitative estimate of drug-likeness (QED) is 0.652. The Labute approximate surface area is 105 Å². The maximum atomic E-state index is 10.6. The molecule has 0 aromatic carbocycles. The number of piperidine rings is 1. The lowest BCUT2D eigenvalue weighted by atomic mass is 9.98. The van der Waals surface area contributed by atoms with Gasteiger partial charge in [-0.1, -0.05) is 0 Å². The normalized spacial score (nSPS) is 31.7. The van der Waals surface area contributed by atoms with E-state index < -0.39 is 4.92 Å². The zero-order valence-electron chi connectivity index (χ0n) is 10.1.